The maximum absolute atomic E-state index is 12.1. The van der Waals surface area contributed by atoms with E-state index < -0.39 is 0 Å². The second-order valence-corrected chi connectivity index (χ2v) is 7.09. The summed E-state index contributed by atoms with van der Waals surface area (Å²) in [6, 6.07) is 21.9. The molecule has 6 nitrogen and oxygen atoms in total. The third-order valence-electron chi connectivity index (χ3n) is 4.71. The molecule has 0 aliphatic rings. The summed E-state index contributed by atoms with van der Waals surface area (Å²) in [5.41, 5.74) is 5.25. The van der Waals surface area contributed by atoms with Crippen molar-refractivity contribution in [2.75, 3.05) is 10.6 Å². The maximum Gasteiger partial charge on any atom is 0.319 e. The number of carbonyl (C=O) groups excluding carboxylic acids is 2. The van der Waals surface area contributed by atoms with Crippen molar-refractivity contribution in [3.05, 3.63) is 108 Å². The van der Waals surface area contributed by atoms with E-state index in [4.69, 9.17) is 0 Å². The highest BCUT2D eigenvalue weighted by Gasteiger charge is 2.05. The minimum absolute atomic E-state index is 0.290. The Morgan fingerprint density at radius 3 is 1.44 bits per heavy atom. The molecule has 0 bridgehead atoms. The van der Waals surface area contributed by atoms with Gasteiger partial charge in [-0.15, -0.1) is 0 Å². The molecule has 6 heteroatoms. The standard InChI is InChI=1S/C26H26N4O2/c1-3-19-8-12-23(13-9-19)29-25(31)27-17-21-6-5-7-22(16-21)18-28-26(32)30-24-14-10-20(4-2)11-15-24/h3-16H,1-2,17-18H2,(H2,27,29,31)(H2,28,30,32). The largest absolute Gasteiger partial charge is 0.334 e. The molecule has 0 saturated carbocycles. The van der Waals surface area contributed by atoms with Gasteiger partial charge in [-0.1, -0.05) is 73.8 Å². The molecule has 0 spiro atoms. The van der Waals surface area contributed by atoms with Gasteiger partial charge in [0.2, 0.25) is 0 Å². The molecule has 0 fully saturated rings. The Morgan fingerprint density at radius 1 is 0.656 bits per heavy atom. The van der Waals surface area contributed by atoms with E-state index in [0.717, 1.165) is 22.3 Å². The summed E-state index contributed by atoms with van der Waals surface area (Å²) in [6.45, 7) is 8.15. The lowest BCUT2D eigenvalue weighted by atomic mass is 10.1. The molecule has 0 aliphatic heterocycles. The predicted octanol–water partition coefficient (Wildman–Crippen LogP) is 5.62. The average Bonchev–Trinajstić information content (AvgIpc) is 2.83. The van der Waals surface area contributed by atoms with Gasteiger partial charge in [0.25, 0.3) is 0 Å². The van der Waals surface area contributed by atoms with Crippen molar-refractivity contribution < 1.29 is 9.59 Å². The molecule has 3 aromatic rings. The molecule has 0 atom stereocenters. The molecule has 0 radical (unpaired) electrons. The van der Waals surface area contributed by atoms with Gasteiger partial charge in [0, 0.05) is 24.5 Å². The third kappa shape index (κ3) is 6.88. The van der Waals surface area contributed by atoms with Gasteiger partial charge in [0.1, 0.15) is 0 Å². The molecule has 3 aromatic carbocycles. The summed E-state index contributed by atoms with van der Waals surface area (Å²) in [5.74, 6) is 0. The molecule has 3 rings (SSSR count). The van der Waals surface area contributed by atoms with Crippen LogP contribution in [0.1, 0.15) is 22.3 Å². The molecule has 0 unspecified atom stereocenters. The van der Waals surface area contributed by atoms with Crippen LogP contribution in [0, 0.1) is 0 Å². The number of hydrogen-bond donors (Lipinski definition) is 4. The van der Waals surface area contributed by atoms with Crippen molar-refractivity contribution in [2.24, 2.45) is 0 Å². The molecule has 162 valence electrons. The van der Waals surface area contributed by atoms with Crippen LogP contribution in [0.2, 0.25) is 0 Å². The highest BCUT2D eigenvalue weighted by atomic mass is 16.2. The van der Waals surface area contributed by atoms with E-state index in [1.165, 1.54) is 0 Å². The van der Waals surface area contributed by atoms with Crippen LogP contribution in [0.4, 0.5) is 21.0 Å². The summed E-state index contributed by atoms with van der Waals surface area (Å²) in [5, 5.41) is 11.3. The number of anilines is 2. The first-order valence-corrected chi connectivity index (χ1v) is 10.2. The van der Waals surface area contributed by atoms with Gasteiger partial charge >= 0.3 is 12.1 Å². The molecular weight excluding hydrogens is 400 g/mol. The minimum Gasteiger partial charge on any atom is -0.334 e. The zero-order chi connectivity index (χ0) is 22.8. The summed E-state index contributed by atoms with van der Waals surface area (Å²) in [4.78, 5) is 24.3. The number of amides is 4. The van der Waals surface area contributed by atoms with Crippen molar-refractivity contribution in [1.29, 1.82) is 0 Å². The fourth-order valence-electron chi connectivity index (χ4n) is 2.97. The molecule has 0 aromatic heterocycles. The van der Waals surface area contributed by atoms with E-state index >= 15 is 0 Å². The predicted molar refractivity (Wildman–Crippen MR) is 131 cm³/mol. The van der Waals surface area contributed by atoms with E-state index in [1.54, 1.807) is 12.2 Å². The monoisotopic (exact) mass is 426 g/mol. The van der Waals surface area contributed by atoms with Gasteiger partial charge < -0.3 is 21.3 Å². The van der Waals surface area contributed by atoms with Crippen molar-refractivity contribution in [3.8, 4) is 0 Å². The van der Waals surface area contributed by atoms with Crippen molar-refractivity contribution in [2.45, 2.75) is 13.1 Å². The second kappa shape index (κ2) is 11.2. The van der Waals surface area contributed by atoms with Crippen LogP contribution in [-0.4, -0.2) is 12.1 Å². The van der Waals surface area contributed by atoms with Gasteiger partial charge in [0.05, 0.1) is 0 Å². The number of benzene rings is 3. The van der Waals surface area contributed by atoms with Gasteiger partial charge in [-0.2, -0.15) is 0 Å². The van der Waals surface area contributed by atoms with Crippen LogP contribution in [0.15, 0.2) is 86.0 Å². The van der Waals surface area contributed by atoms with Gasteiger partial charge in [-0.05, 0) is 46.5 Å². The first-order valence-electron chi connectivity index (χ1n) is 10.2. The fourth-order valence-corrected chi connectivity index (χ4v) is 2.97. The molecule has 0 heterocycles. The lowest BCUT2D eigenvalue weighted by Crippen LogP contribution is -2.29. The molecule has 0 aliphatic carbocycles. The van der Waals surface area contributed by atoms with Crippen LogP contribution in [0.25, 0.3) is 12.2 Å². The lowest BCUT2D eigenvalue weighted by molar-refractivity contribution is 0.251. The van der Waals surface area contributed by atoms with Crippen LogP contribution in [0.5, 0.6) is 0 Å². The normalized spacial score (nSPS) is 10.0. The van der Waals surface area contributed by atoms with Gasteiger partial charge in [-0.3, -0.25) is 0 Å². The SMILES string of the molecule is C=Cc1ccc(NC(=O)NCc2cccc(CNC(=O)Nc3ccc(C=C)cc3)c2)cc1. The van der Waals surface area contributed by atoms with E-state index in [-0.39, 0.29) is 12.1 Å². The maximum atomic E-state index is 12.1. The molecular formula is C26H26N4O2. The minimum atomic E-state index is -0.290. The fraction of sp³-hybridized carbons (Fsp3) is 0.0769. The Balaban J connectivity index is 1.45. The molecule has 32 heavy (non-hydrogen) atoms. The van der Waals surface area contributed by atoms with E-state index in [1.807, 2.05) is 72.8 Å². The van der Waals surface area contributed by atoms with Crippen molar-refractivity contribution in [3.63, 3.8) is 0 Å². The Labute approximate surface area is 188 Å². The molecule has 4 amide bonds. The Morgan fingerprint density at radius 2 is 1.06 bits per heavy atom. The molecule has 4 N–H and O–H groups in total. The Bertz CT molecular complexity index is 1000. The Hall–Kier alpha value is -4.32. The second-order valence-electron chi connectivity index (χ2n) is 7.09. The highest BCUT2D eigenvalue weighted by Crippen LogP contribution is 2.12. The molecule has 0 saturated heterocycles. The third-order valence-corrected chi connectivity index (χ3v) is 4.71. The van der Waals surface area contributed by atoms with Crippen LogP contribution < -0.4 is 21.3 Å². The number of hydrogen-bond acceptors (Lipinski definition) is 2. The van der Waals surface area contributed by atoms with E-state index in [0.29, 0.717) is 24.5 Å². The summed E-state index contributed by atoms with van der Waals surface area (Å²) >= 11 is 0. The summed E-state index contributed by atoms with van der Waals surface area (Å²) in [6.07, 6.45) is 3.49. The number of carbonyl (C=O) groups is 2. The van der Waals surface area contributed by atoms with Crippen LogP contribution >= 0.6 is 0 Å². The first-order chi connectivity index (χ1) is 15.6. The highest BCUT2D eigenvalue weighted by molar-refractivity contribution is 5.90. The van der Waals surface area contributed by atoms with Crippen molar-refractivity contribution in [1.82, 2.24) is 10.6 Å². The van der Waals surface area contributed by atoms with E-state index in [2.05, 4.69) is 34.4 Å². The smallest absolute Gasteiger partial charge is 0.319 e. The van der Waals surface area contributed by atoms with Crippen molar-refractivity contribution >= 4 is 35.6 Å². The van der Waals surface area contributed by atoms with Crippen LogP contribution in [0.3, 0.4) is 0 Å². The summed E-state index contributed by atoms with van der Waals surface area (Å²) < 4.78 is 0. The Kier molecular flexibility index (Phi) is 7.81. The van der Waals surface area contributed by atoms with Crippen LogP contribution in [-0.2, 0) is 13.1 Å². The number of urea groups is 2. The topological polar surface area (TPSA) is 82.3 Å². The van der Waals surface area contributed by atoms with E-state index in [9.17, 15) is 9.59 Å². The zero-order valence-electron chi connectivity index (χ0n) is 17.7. The average molecular weight is 427 g/mol. The van der Waals surface area contributed by atoms with Gasteiger partial charge in [0.15, 0.2) is 0 Å². The zero-order valence-corrected chi connectivity index (χ0v) is 17.7. The first kappa shape index (κ1) is 22.4. The number of nitrogens with one attached hydrogen (secondary N) is 4. The quantitative estimate of drug-likeness (QED) is 0.377. The lowest BCUT2D eigenvalue weighted by Gasteiger charge is -2.10. The van der Waals surface area contributed by atoms with Gasteiger partial charge in [-0.25, -0.2) is 9.59 Å². The summed E-state index contributed by atoms with van der Waals surface area (Å²) in [7, 11) is 0. The number of rotatable bonds is 8.